The number of hydrogen-bond donors (Lipinski definition) is 3. The maximum atomic E-state index is 12.0. The molecule has 2 rings (SSSR count). The highest BCUT2D eigenvalue weighted by Gasteiger charge is 2.21. The first kappa shape index (κ1) is 23.6. The highest BCUT2D eigenvalue weighted by molar-refractivity contribution is 6.01. The Kier molecular flexibility index (Phi) is 9.07. The zero-order valence-corrected chi connectivity index (χ0v) is 17.9. The maximum absolute atomic E-state index is 12.0. The van der Waals surface area contributed by atoms with Gasteiger partial charge >= 0.3 is 5.97 Å². The van der Waals surface area contributed by atoms with E-state index in [0.717, 1.165) is 12.1 Å². The number of rotatable bonds is 10. The topological polar surface area (TPSA) is 111 Å². The molecule has 0 radical (unpaired) electrons. The molecule has 9 heteroatoms. The SMILES string of the molecule is COCCCNC(=O)CN1CCN(c2ccc(NC(=O)C(C)C)c(C(=O)O)c2)CC1. The Bertz CT molecular complexity index is 745. The van der Waals surface area contributed by atoms with Crippen LogP contribution in [0.2, 0.25) is 0 Å². The van der Waals surface area contributed by atoms with Gasteiger partial charge < -0.3 is 25.4 Å². The fraction of sp³-hybridized carbons (Fsp3) is 0.571. The van der Waals surface area contributed by atoms with Crippen LogP contribution in [0.1, 0.15) is 30.6 Å². The monoisotopic (exact) mass is 420 g/mol. The van der Waals surface area contributed by atoms with Crippen molar-refractivity contribution in [2.45, 2.75) is 20.3 Å². The van der Waals surface area contributed by atoms with Gasteiger partial charge in [-0.1, -0.05) is 13.8 Å². The number of carboxylic acid groups (broad SMARTS) is 1. The van der Waals surface area contributed by atoms with Crippen molar-refractivity contribution in [3.8, 4) is 0 Å². The number of nitrogens with one attached hydrogen (secondary N) is 2. The summed E-state index contributed by atoms with van der Waals surface area (Å²) >= 11 is 0. The minimum atomic E-state index is -1.08. The summed E-state index contributed by atoms with van der Waals surface area (Å²) in [4.78, 5) is 39.8. The Morgan fingerprint density at radius 1 is 1.17 bits per heavy atom. The van der Waals surface area contributed by atoms with E-state index in [1.54, 1.807) is 33.1 Å². The van der Waals surface area contributed by atoms with Crippen LogP contribution in [0.4, 0.5) is 11.4 Å². The number of anilines is 2. The van der Waals surface area contributed by atoms with E-state index < -0.39 is 5.97 Å². The molecule has 0 aromatic heterocycles. The first-order valence-corrected chi connectivity index (χ1v) is 10.2. The number of amides is 2. The van der Waals surface area contributed by atoms with E-state index in [1.165, 1.54) is 0 Å². The minimum absolute atomic E-state index is 0.00189. The molecule has 30 heavy (non-hydrogen) atoms. The molecule has 1 aliphatic heterocycles. The number of methoxy groups -OCH3 is 1. The molecule has 1 fully saturated rings. The fourth-order valence-corrected chi connectivity index (χ4v) is 3.16. The van der Waals surface area contributed by atoms with E-state index in [1.807, 2.05) is 6.07 Å². The Labute approximate surface area is 177 Å². The van der Waals surface area contributed by atoms with Gasteiger partial charge in [0, 0.05) is 58.0 Å². The van der Waals surface area contributed by atoms with Crippen molar-refractivity contribution in [3.63, 3.8) is 0 Å². The van der Waals surface area contributed by atoms with Crippen molar-refractivity contribution in [1.29, 1.82) is 0 Å². The number of nitrogens with zero attached hydrogens (tertiary/aromatic N) is 2. The van der Waals surface area contributed by atoms with E-state index in [0.29, 0.717) is 51.6 Å². The highest BCUT2D eigenvalue weighted by Crippen LogP contribution is 2.25. The summed E-state index contributed by atoms with van der Waals surface area (Å²) in [7, 11) is 1.63. The summed E-state index contributed by atoms with van der Waals surface area (Å²) in [5.74, 6) is -1.55. The average molecular weight is 421 g/mol. The lowest BCUT2D eigenvalue weighted by molar-refractivity contribution is -0.122. The standard InChI is InChI=1S/C21H32N4O5/c1-15(2)20(27)23-18-6-5-16(13-17(18)21(28)29)25-10-8-24(9-11-25)14-19(26)22-7-4-12-30-3/h5-6,13,15H,4,7-12,14H2,1-3H3,(H,22,26)(H,23,27)(H,28,29). The van der Waals surface area contributed by atoms with Gasteiger partial charge in [0.2, 0.25) is 11.8 Å². The average Bonchev–Trinajstić information content (AvgIpc) is 2.72. The van der Waals surface area contributed by atoms with Crippen LogP contribution in [-0.4, -0.2) is 80.8 Å². The number of piperazine rings is 1. The van der Waals surface area contributed by atoms with Crippen LogP contribution < -0.4 is 15.5 Å². The molecule has 1 aromatic carbocycles. The second kappa shape index (κ2) is 11.5. The minimum Gasteiger partial charge on any atom is -0.478 e. The molecule has 1 aliphatic rings. The van der Waals surface area contributed by atoms with Gasteiger partial charge in [0.15, 0.2) is 0 Å². The molecular weight excluding hydrogens is 388 g/mol. The largest absolute Gasteiger partial charge is 0.478 e. The quantitative estimate of drug-likeness (QED) is 0.489. The first-order chi connectivity index (χ1) is 14.3. The summed E-state index contributed by atoms with van der Waals surface area (Å²) in [6.45, 7) is 7.87. The van der Waals surface area contributed by atoms with Crippen molar-refractivity contribution >= 4 is 29.2 Å². The van der Waals surface area contributed by atoms with Crippen molar-refractivity contribution < 1.29 is 24.2 Å². The molecule has 1 saturated heterocycles. The lowest BCUT2D eigenvalue weighted by Gasteiger charge is -2.36. The van der Waals surface area contributed by atoms with Crippen molar-refractivity contribution in [2.24, 2.45) is 5.92 Å². The van der Waals surface area contributed by atoms with Gasteiger partial charge in [-0.15, -0.1) is 0 Å². The third-order valence-corrected chi connectivity index (χ3v) is 4.97. The molecule has 0 saturated carbocycles. The van der Waals surface area contributed by atoms with Crippen molar-refractivity contribution in [2.75, 3.05) is 63.2 Å². The molecule has 1 heterocycles. The van der Waals surface area contributed by atoms with Crippen LogP contribution in [0.15, 0.2) is 18.2 Å². The van der Waals surface area contributed by atoms with Gasteiger partial charge in [-0.25, -0.2) is 4.79 Å². The van der Waals surface area contributed by atoms with Crippen molar-refractivity contribution in [1.82, 2.24) is 10.2 Å². The second-order valence-corrected chi connectivity index (χ2v) is 7.64. The molecule has 0 unspecified atom stereocenters. The molecule has 0 spiro atoms. The zero-order chi connectivity index (χ0) is 22.1. The maximum Gasteiger partial charge on any atom is 0.337 e. The summed E-state index contributed by atoms with van der Waals surface area (Å²) in [5, 5.41) is 15.1. The van der Waals surface area contributed by atoms with Gasteiger partial charge in [-0.05, 0) is 24.6 Å². The number of ether oxygens (including phenoxy) is 1. The van der Waals surface area contributed by atoms with Crippen LogP contribution in [-0.2, 0) is 14.3 Å². The van der Waals surface area contributed by atoms with E-state index in [-0.39, 0.29) is 23.3 Å². The zero-order valence-electron chi connectivity index (χ0n) is 17.9. The van der Waals surface area contributed by atoms with Gasteiger partial charge in [0.05, 0.1) is 17.8 Å². The molecule has 0 bridgehead atoms. The number of benzene rings is 1. The second-order valence-electron chi connectivity index (χ2n) is 7.64. The van der Waals surface area contributed by atoms with Gasteiger partial charge in [-0.3, -0.25) is 14.5 Å². The molecule has 0 aliphatic carbocycles. The van der Waals surface area contributed by atoms with Crippen LogP contribution in [0.5, 0.6) is 0 Å². The third kappa shape index (κ3) is 7.00. The van der Waals surface area contributed by atoms with Crippen LogP contribution >= 0.6 is 0 Å². The Hall–Kier alpha value is -2.65. The van der Waals surface area contributed by atoms with E-state index in [9.17, 15) is 19.5 Å². The number of hydrogen-bond acceptors (Lipinski definition) is 6. The molecule has 0 atom stereocenters. The number of carbonyl (C=O) groups excluding carboxylic acids is 2. The lowest BCUT2D eigenvalue weighted by atomic mass is 10.1. The molecular formula is C21H32N4O5. The lowest BCUT2D eigenvalue weighted by Crippen LogP contribution is -2.49. The molecule has 3 N–H and O–H groups in total. The molecule has 9 nitrogen and oxygen atoms in total. The normalized spacial score (nSPS) is 14.6. The number of carboxylic acids is 1. The van der Waals surface area contributed by atoms with Crippen LogP contribution in [0.25, 0.3) is 0 Å². The van der Waals surface area contributed by atoms with Gasteiger partial charge in [0.25, 0.3) is 0 Å². The Balaban J connectivity index is 1.92. The van der Waals surface area contributed by atoms with E-state index in [4.69, 9.17) is 4.74 Å². The van der Waals surface area contributed by atoms with E-state index in [2.05, 4.69) is 20.4 Å². The van der Waals surface area contributed by atoms with Gasteiger partial charge in [0.1, 0.15) is 0 Å². The predicted molar refractivity (Wildman–Crippen MR) is 115 cm³/mol. The summed E-state index contributed by atoms with van der Waals surface area (Å²) < 4.78 is 4.96. The predicted octanol–water partition coefficient (Wildman–Crippen LogP) is 1.25. The van der Waals surface area contributed by atoms with Crippen LogP contribution in [0.3, 0.4) is 0 Å². The summed E-state index contributed by atoms with van der Waals surface area (Å²) in [5.41, 5.74) is 1.16. The summed E-state index contributed by atoms with van der Waals surface area (Å²) in [6.07, 6.45) is 0.787. The Morgan fingerprint density at radius 3 is 2.47 bits per heavy atom. The number of aromatic carboxylic acids is 1. The third-order valence-electron chi connectivity index (χ3n) is 4.97. The van der Waals surface area contributed by atoms with Crippen LogP contribution in [0, 0.1) is 5.92 Å². The van der Waals surface area contributed by atoms with Crippen molar-refractivity contribution in [3.05, 3.63) is 23.8 Å². The van der Waals surface area contributed by atoms with Gasteiger partial charge in [-0.2, -0.15) is 0 Å². The number of carbonyl (C=O) groups is 3. The molecule has 166 valence electrons. The highest BCUT2D eigenvalue weighted by atomic mass is 16.5. The smallest absolute Gasteiger partial charge is 0.337 e. The molecule has 2 amide bonds. The molecule has 1 aromatic rings. The van der Waals surface area contributed by atoms with E-state index >= 15 is 0 Å². The summed E-state index contributed by atoms with van der Waals surface area (Å²) in [6, 6.07) is 5.05. The fourth-order valence-electron chi connectivity index (χ4n) is 3.16. The Morgan fingerprint density at radius 2 is 1.87 bits per heavy atom. The first-order valence-electron chi connectivity index (χ1n) is 10.2.